The van der Waals surface area contributed by atoms with E-state index < -0.39 is 6.04 Å². The van der Waals surface area contributed by atoms with Gasteiger partial charge in [-0.2, -0.15) is 0 Å². The smallest absolute Gasteiger partial charge is 0.244 e. The normalized spacial score (nSPS) is 17.1. The maximum Gasteiger partial charge on any atom is 0.244 e. The third-order valence-electron chi connectivity index (χ3n) is 7.49. The van der Waals surface area contributed by atoms with Gasteiger partial charge in [-0.1, -0.05) is 62.4 Å². The van der Waals surface area contributed by atoms with Crippen LogP contribution >= 0.6 is 0 Å². The van der Waals surface area contributed by atoms with Crippen LogP contribution in [0.5, 0.6) is 11.5 Å². The molecule has 3 aromatic carbocycles. The van der Waals surface area contributed by atoms with Crippen molar-refractivity contribution in [3.8, 4) is 22.9 Å². The molecule has 2 heterocycles. The number of halogens is 1. The van der Waals surface area contributed by atoms with Crippen LogP contribution in [-0.4, -0.2) is 56.8 Å². The first-order valence-corrected chi connectivity index (χ1v) is 14.5. The van der Waals surface area contributed by atoms with Crippen LogP contribution in [0.25, 0.3) is 11.4 Å². The molecular weight excluding hydrogens is 545 g/mol. The Morgan fingerprint density at radius 2 is 1.67 bits per heavy atom. The van der Waals surface area contributed by atoms with Crippen LogP contribution in [0.4, 0.5) is 4.39 Å². The second kappa shape index (κ2) is 13.6. The highest BCUT2D eigenvalue weighted by atomic mass is 19.1. The van der Waals surface area contributed by atoms with E-state index in [0.29, 0.717) is 36.0 Å². The van der Waals surface area contributed by atoms with Crippen LogP contribution in [0.3, 0.4) is 0 Å². The van der Waals surface area contributed by atoms with Gasteiger partial charge in [0.15, 0.2) is 5.82 Å². The fourth-order valence-electron chi connectivity index (χ4n) is 5.34. The molecule has 9 heteroatoms. The molecule has 1 aromatic heterocycles. The van der Waals surface area contributed by atoms with Gasteiger partial charge in [0.05, 0.1) is 0 Å². The predicted octanol–water partition coefficient (Wildman–Crippen LogP) is 5.45. The zero-order chi connectivity index (χ0) is 30.3. The summed E-state index contributed by atoms with van der Waals surface area (Å²) in [6, 6.07) is 22.5. The molecule has 4 aromatic rings. The van der Waals surface area contributed by atoms with Crippen molar-refractivity contribution in [3.63, 3.8) is 0 Å². The molecule has 0 saturated carbocycles. The number of piperazine rings is 1. The van der Waals surface area contributed by atoms with Gasteiger partial charge in [0.1, 0.15) is 23.4 Å². The number of para-hydroxylation sites is 1. The summed E-state index contributed by atoms with van der Waals surface area (Å²) in [6.07, 6.45) is 3.39. The SMILES string of the molecule is CC(C)C(=O)N1C(C)CN(Cc2c(F)cccc2Oc2ccccc2)CC1C(=O)NCc1ccc(-c2ncccn2)cc1. The quantitative estimate of drug-likeness (QED) is 0.283. The van der Waals surface area contributed by atoms with Crippen LogP contribution in [0.1, 0.15) is 31.9 Å². The van der Waals surface area contributed by atoms with Crippen molar-refractivity contribution in [1.82, 2.24) is 25.1 Å². The van der Waals surface area contributed by atoms with Gasteiger partial charge < -0.3 is 15.0 Å². The Bertz CT molecular complexity index is 1530. The lowest BCUT2D eigenvalue weighted by Gasteiger charge is -2.45. The van der Waals surface area contributed by atoms with E-state index in [9.17, 15) is 9.59 Å². The molecule has 0 spiro atoms. The zero-order valence-corrected chi connectivity index (χ0v) is 24.6. The number of aromatic nitrogens is 2. The number of carbonyl (C=O) groups is 2. The van der Waals surface area contributed by atoms with Crippen LogP contribution in [0.15, 0.2) is 91.3 Å². The minimum atomic E-state index is -0.735. The van der Waals surface area contributed by atoms with Crippen LogP contribution < -0.4 is 10.1 Å². The van der Waals surface area contributed by atoms with Crippen LogP contribution in [0, 0.1) is 11.7 Å². The van der Waals surface area contributed by atoms with Crippen molar-refractivity contribution in [2.45, 2.75) is 45.9 Å². The highest BCUT2D eigenvalue weighted by molar-refractivity contribution is 5.89. The minimum Gasteiger partial charge on any atom is -0.457 e. The van der Waals surface area contributed by atoms with Crippen LogP contribution in [-0.2, 0) is 22.7 Å². The van der Waals surface area contributed by atoms with Gasteiger partial charge in [-0.15, -0.1) is 0 Å². The van der Waals surface area contributed by atoms with Gasteiger partial charge in [-0.3, -0.25) is 14.5 Å². The van der Waals surface area contributed by atoms with Gasteiger partial charge in [-0.25, -0.2) is 14.4 Å². The molecule has 1 aliphatic rings. The number of benzene rings is 3. The highest BCUT2D eigenvalue weighted by Crippen LogP contribution is 2.30. The monoisotopic (exact) mass is 581 g/mol. The molecule has 222 valence electrons. The average Bonchev–Trinajstić information content (AvgIpc) is 3.02. The molecule has 1 N–H and O–H groups in total. The molecule has 0 aliphatic carbocycles. The van der Waals surface area contributed by atoms with E-state index in [-0.39, 0.29) is 42.7 Å². The number of hydrogen-bond acceptors (Lipinski definition) is 6. The van der Waals surface area contributed by atoms with Gasteiger partial charge in [0.25, 0.3) is 0 Å². The number of ether oxygens (including phenoxy) is 1. The fraction of sp³-hybridized carbons (Fsp3) is 0.294. The first-order chi connectivity index (χ1) is 20.8. The second-order valence-corrected chi connectivity index (χ2v) is 11.1. The summed E-state index contributed by atoms with van der Waals surface area (Å²) in [7, 11) is 0. The van der Waals surface area contributed by atoms with Crippen molar-refractivity contribution < 1.29 is 18.7 Å². The lowest BCUT2D eigenvalue weighted by molar-refractivity contribution is -0.150. The van der Waals surface area contributed by atoms with Gasteiger partial charge in [-0.05, 0) is 42.8 Å². The first-order valence-electron chi connectivity index (χ1n) is 14.5. The lowest BCUT2D eigenvalue weighted by Crippen LogP contribution is -2.64. The van der Waals surface area contributed by atoms with E-state index in [1.165, 1.54) is 6.07 Å². The van der Waals surface area contributed by atoms with E-state index in [1.54, 1.807) is 35.5 Å². The summed E-state index contributed by atoms with van der Waals surface area (Å²) in [5, 5.41) is 3.02. The van der Waals surface area contributed by atoms with Crippen molar-refractivity contribution in [3.05, 3.63) is 108 Å². The van der Waals surface area contributed by atoms with Crippen LogP contribution in [0.2, 0.25) is 0 Å². The summed E-state index contributed by atoms with van der Waals surface area (Å²) in [5.74, 6) is 0.668. The van der Waals surface area contributed by atoms with E-state index in [4.69, 9.17) is 4.74 Å². The average molecular weight is 582 g/mol. The molecule has 1 aliphatic heterocycles. The number of nitrogens with one attached hydrogen (secondary N) is 1. The molecule has 0 radical (unpaired) electrons. The minimum absolute atomic E-state index is 0.0847. The topological polar surface area (TPSA) is 87.7 Å². The number of rotatable bonds is 9. The van der Waals surface area contributed by atoms with Crippen molar-refractivity contribution in [1.29, 1.82) is 0 Å². The molecule has 2 atom stereocenters. The lowest BCUT2D eigenvalue weighted by atomic mass is 10.0. The summed E-state index contributed by atoms with van der Waals surface area (Å²) in [6.45, 7) is 6.88. The summed E-state index contributed by atoms with van der Waals surface area (Å²) in [4.78, 5) is 39.2. The number of hydrogen-bond donors (Lipinski definition) is 1. The third kappa shape index (κ3) is 7.24. The number of amides is 2. The highest BCUT2D eigenvalue weighted by Gasteiger charge is 2.40. The van der Waals surface area contributed by atoms with E-state index >= 15 is 4.39 Å². The molecule has 2 unspecified atom stereocenters. The predicted molar refractivity (Wildman–Crippen MR) is 162 cm³/mol. The standard InChI is InChI=1S/C34H36FN5O3/c1-23(2)34(42)40-24(3)20-39(21-28-29(35)11-7-12-31(28)43-27-9-5-4-6-10-27)22-30(40)33(41)38-19-25-13-15-26(16-14-25)32-36-17-8-18-37-32/h4-18,23-24,30H,19-22H2,1-3H3,(H,38,41). The molecule has 43 heavy (non-hydrogen) atoms. The first kappa shape index (κ1) is 29.8. The number of nitrogens with zero attached hydrogens (tertiary/aromatic N) is 4. The fourth-order valence-corrected chi connectivity index (χ4v) is 5.34. The molecule has 1 saturated heterocycles. The molecule has 0 bridgehead atoms. The second-order valence-electron chi connectivity index (χ2n) is 11.1. The number of carbonyl (C=O) groups excluding carboxylic acids is 2. The Balaban J connectivity index is 1.32. The molecule has 2 amide bonds. The Morgan fingerprint density at radius 3 is 2.37 bits per heavy atom. The van der Waals surface area contributed by atoms with Crippen molar-refractivity contribution in [2.75, 3.05) is 13.1 Å². The van der Waals surface area contributed by atoms with Crippen molar-refractivity contribution >= 4 is 11.8 Å². The Labute approximate surface area is 251 Å². The Hall–Kier alpha value is -4.63. The van der Waals surface area contributed by atoms with Gasteiger partial charge >= 0.3 is 0 Å². The van der Waals surface area contributed by atoms with Crippen molar-refractivity contribution in [2.24, 2.45) is 5.92 Å². The third-order valence-corrected chi connectivity index (χ3v) is 7.49. The van der Waals surface area contributed by atoms with E-state index in [2.05, 4.69) is 15.3 Å². The van der Waals surface area contributed by atoms with Gasteiger partial charge in [0.2, 0.25) is 11.8 Å². The van der Waals surface area contributed by atoms with Gasteiger partial charge in [0, 0.05) is 61.7 Å². The molecule has 1 fully saturated rings. The maximum absolute atomic E-state index is 15.2. The molecule has 8 nitrogen and oxygen atoms in total. The Kier molecular flexibility index (Phi) is 9.41. The molecular formula is C34H36FN5O3. The van der Waals surface area contributed by atoms with E-state index in [1.807, 2.05) is 80.3 Å². The zero-order valence-electron chi connectivity index (χ0n) is 24.6. The van der Waals surface area contributed by atoms with E-state index in [0.717, 1.165) is 11.1 Å². The Morgan fingerprint density at radius 1 is 0.953 bits per heavy atom. The summed E-state index contributed by atoms with van der Waals surface area (Å²) >= 11 is 0. The summed E-state index contributed by atoms with van der Waals surface area (Å²) < 4.78 is 21.2. The molecule has 5 rings (SSSR count). The summed E-state index contributed by atoms with van der Waals surface area (Å²) in [5.41, 5.74) is 2.19. The maximum atomic E-state index is 15.2. The largest absolute Gasteiger partial charge is 0.457 e.